The third-order valence-electron chi connectivity index (χ3n) is 2.89. The van der Waals surface area contributed by atoms with Gasteiger partial charge in [0.15, 0.2) is 0 Å². The van der Waals surface area contributed by atoms with Gasteiger partial charge in [0.2, 0.25) is 0 Å². The van der Waals surface area contributed by atoms with Crippen molar-refractivity contribution in [1.29, 1.82) is 0 Å². The molecule has 17 heavy (non-hydrogen) atoms. The van der Waals surface area contributed by atoms with Gasteiger partial charge in [0, 0.05) is 6.07 Å². The molecule has 1 radical (unpaired) electrons. The summed E-state index contributed by atoms with van der Waals surface area (Å²) in [5.74, 6) is 0.861. The molecule has 0 saturated heterocycles. The summed E-state index contributed by atoms with van der Waals surface area (Å²) in [6.45, 7) is 3.02. The second-order valence-electron chi connectivity index (χ2n) is 4.32. The van der Waals surface area contributed by atoms with Crippen LogP contribution >= 0.6 is 0 Å². The molecule has 0 aromatic heterocycles. The zero-order chi connectivity index (χ0) is 11.9. The average Bonchev–Trinajstić information content (AvgIpc) is 2.38. The summed E-state index contributed by atoms with van der Waals surface area (Å²) in [4.78, 5) is 0. The van der Waals surface area contributed by atoms with Crippen LogP contribution in [0, 0.1) is 6.07 Å². The molecule has 2 aromatic carbocycles. The summed E-state index contributed by atoms with van der Waals surface area (Å²) in [6.07, 6.45) is 4.95. The van der Waals surface area contributed by atoms with Gasteiger partial charge < -0.3 is 4.74 Å². The van der Waals surface area contributed by atoms with Gasteiger partial charge in [-0.1, -0.05) is 56.5 Å². The largest absolute Gasteiger partial charge is 0.493 e. The van der Waals surface area contributed by atoms with E-state index in [-0.39, 0.29) is 0 Å². The maximum Gasteiger partial charge on any atom is 0.127 e. The van der Waals surface area contributed by atoms with E-state index < -0.39 is 0 Å². The van der Waals surface area contributed by atoms with Crippen molar-refractivity contribution >= 4 is 10.8 Å². The molecule has 0 spiro atoms. The lowest BCUT2D eigenvalue weighted by Crippen LogP contribution is -1.97. The highest BCUT2D eigenvalue weighted by atomic mass is 16.5. The molecule has 0 amide bonds. The van der Waals surface area contributed by atoms with Gasteiger partial charge in [-0.05, 0) is 23.3 Å². The minimum Gasteiger partial charge on any atom is -0.493 e. The average molecular weight is 227 g/mol. The van der Waals surface area contributed by atoms with Crippen molar-refractivity contribution in [2.24, 2.45) is 0 Å². The van der Waals surface area contributed by atoms with E-state index in [9.17, 15) is 0 Å². The predicted octanol–water partition coefficient (Wildman–Crippen LogP) is 4.60. The minimum atomic E-state index is 0.800. The molecule has 0 saturated carbocycles. The molecule has 0 atom stereocenters. The number of unbranched alkanes of at least 4 members (excludes halogenated alkanes) is 3. The first-order valence-electron chi connectivity index (χ1n) is 6.44. The SMILES string of the molecule is CCCCCCOc1[c]c2ccccc2cc1. The van der Waals surface area contributed by atoms with Crippen LogP contribution in [0.5, 0.6) is 5.75 Å². The monoisotopic (exact) mass is 227 g/mol. The van der Waals surface area contributed by atoms with Crippen LogP contribution in [0.15, 0.2) is 36.4 Å². The maximum atomic E-state index is 5.71. The highest BCUT2D eigenvalue weighted by Crippen LogP contribution is 2.19. The number of fused-ring (bicyclic) bond motifs is 1. The van der Waals surface area contributed by atoms with Gasteiger partial charge in [-0.3, -0.25) is 0 Å². The van der Waals surface area contributed by atoms with Crippen LogP contribution < -0.4 is 4.74 Å². The predicted molar refractivity (Wildman–Crippen MR) is 72.4 cm³/mol. The van der Waals surface area contributed by atoms with Crippen LogP contribution in [-0.2, 0) is 0 Å². The number of hydrogen-bond acceptors (Lipinski definition) is 1. The van der Waals surface area contributed by atoms with E-state index in [4.69, 9.17) is 4.74 Å². The molecule has 0 aliphatic heterocycles. The van der Waals surface area contributed by atoms with Crippen molar-refractivity contribution in [3.63, 3.8) is 0 Å². The van der Waals surface area contributed by atoms with Gasteiger partial charge in [0.05, 0.1) is 6.61 Å². The lowest BCUT2D eigenvalue weighted by atomic mass is 10.1. The number of ether oxygens (including phenoxy) is 1. The van der Waals surface area contributed by atoms with Gasteiger partial charge in [0.1, 0.15) is 5.75 Å². The molecule has 0 unspecified atom stereocenters. The summed E-state index contributed by atoms with van der Waals surface area (Å²) < 4.78 is 5.71. The normalized spacial score (nSPS) is 10.6. The zero-order valence-corrected chi connectivity index (χ0v) is 10.4. The molecular formula is C16H19O. The van der Waals surface area contributed by atoms with E-state index in [1.54, 1.807) is 0 Å². The molecule has 89 valence electrons. The van der Waals surface area contributed by atoms with Crippen molar-refractivity contribution in [2.75, 3.05) is 6.61 Å². The maximum absolute atomic E-state index is 5.71. The van der Waals surface area contributed by atoms with Gasteiger partial charge in [0.25, 0.3) is 0 Å². The van der Waals surface area contributed by atoms with E-state index in [0.717, 1.165) is 24.2 Å². The van der Waals surface area contributed by atoms with E-state index in [2.05, 4.69) is 31.2 Å². The van der Waals surface area contributed by atoms with Crippen molar-refractivity contribution in [2.45, 2.75) is 32.6 Å². The molecule has 0 aliphatic rings. The Labute approximate surface area is 103 Å². The highest BCUT2D eigenvalue weighted by Gasteiger charge is 1.97. The lowest BCUT2D eigenvalue weighted by molar-refractivity contribution is 0.305. The highest BCUT2D eigenvalue weighted by molar-refractivity contribution is 5.83. The number of benzene rings is 2. The second-order valence-corrected chi connectivity index (χ2v) is 4.32. The van der Waals surface area contributed by atoms with Crippen molar-refractivity contribution in [3.05, 3.63) is 42.5 Å². The van der Waals surface area contributed by atoms with Gasteiger partial charge in [-0.15, -0.1) is 0 Å². The summed E-state index contributed by atoms with van der Waals surface area (Å²) in [6, 6.07) is 15.6. The third-order valence-corrected chi connectivity index (χ3v) is 2.89. The van der Waals surface area contributed by atoms with Crippen molar-refractivity contribution in [1.82, 2.24) is 0 Å². The van der Waals surface area contributed by atoms with Crippen LogP contribution in [0.25, 0.3) is 10.8 Å². The Morgan fingerprint density at radius 3 is 2.76 bits per heavy atom. The second kappa shape index (κ2) is 6.29. The molecule has 1 nitrogen and oxygen atoms in total. The Kier molecular flexibility index (Phi) is 4.43. The van der Waals surface area contributed by atoms with E-state index >= 15 is 0 Å². The van der Waals surface area contributed by atoms with Crippen LogP contribution in [0.2, 0.25) is 0 Å². The first-order chi connectivity index (χ1) is 8.40. The van der Waals surface area contributed by atoms with E-state index in [1.165, 1.54) is 24.6 Å². The first kappa shape index (κ1) is 12.0. The summed E-state index contributed by atoms with van der Waals surface area (Å²) in [5.41, 5.74) is 0. The molecule has 2 rings (SSSR count). The topological polar surface area (TPSA) is 9.23 Å². The Balaban J connectivity index is 1.90. The first-order valence-corrected chi connectivity index (χ1v) is 6.44. The van der Waals surface area contributed by atoms with Crippen LogP contribution in [0.4, 0.5) is 0 Å². The zero-order valence-electron chi connectivity index (χ0n) is 10.4. The fourth-order valence-electron chi connectivity index (χ4n) is 1.89. The van der Waals surface area contributed by atoms with E-state index in [0.29, 0.717) is 0 Å². The molecule has 0 heterocycles. The lowest BCUT2D eigenvalue weighted by Gasteiger charge is -2.06. The molecular weight excluding hydrogens is 208 g/mol. The van der Waals surface area contributed by atoms with Crippen molar-refractivity contribution in [3.8, 4) is 5.75 Å². The van der Waals surface area contributed by atoms with Crippen LogP contribution in [-0.4, -0.2) is 6.61 Å². The summed E-state index contributed by atoms with van der Waals surface area (Å²) in [5, 5.41) is 2.34. The molecule has 2 aromatic rings. The fourth-order valence-corrected chi connectivity index (χ4v) is 1.89. The molecule has 0 bridgehead atoms. The Bertz CT molecular complexity index is 462. The smallest absolute Gasteiger partial charge is 0.127 e. The van der Waals surface area contributed by atoms with E-state index in [1.807, 2.05) is 18.2 Å². The Hall–Kier alpha value is -1.50. The summed E-state index contributed by atoms with van der Waals surface area (Å²) in [7, 11) is 0. The fraction of sp³-hybridized carbons (Fsp3) is 0.375. The standard InChI is InChI=1S/C16H19O/c1-2-3-4-7-12-17-16-11-10-14-8-5-6-9-15(14)13-16/h5-6,8-11H,2-4,7,12H2,1H3. The van der Waals surface area contributed by atoms with Gasteiger partial charge in [-0.25, -0.2) is 0 Å². The van der Waals surface area contributed by atoms with Crippen LogP contribution in [0.3, 0.4) is 0 Å². The Morgan fingerprint density at radius 2 is 1.88 bits per heavy atom. The molecule has 0 fully saturated rings. The number of rotatable bonds is 6. The van der Waals surface area contributed by atoms with Crippen LogP contribution in [0.1, 0.15) is 32.6 Å². The molecule has 1 heteroatoms. The quantitative estimate of drug-likeness (QED) is 0.655. The van der Waals surface area contributed by atoms with Gasteiger partial charge >= 0.3 is 0 Å². The van der Waals surface area contributed by atoms with Crippen molar-refractivity contribution < 1.29 is 4.74 Å². The Morgan fingerprint density at radius 1 is 1.00 bits per heavy atom. The third kappa shape index (κ3) is 3.48. The number of hydrogen-bond donors (Lipinski definition) is 0. The minimum absolute atomic E-state index is 0.800. The molecule has 0 aliphatic carbocycles. The summed E-state index contributed by atoms with van der Waals surface area (Å²) >= 11 is 0. The van der Waals surface area contributed by atoms with Gasteiger partial charge in [-0.2, -0.15) is 0 Å². The molecule has 0 N–H and O–H groups in total.